The Labute approximate surface area is 204 Å². The molecule has 5 heterocycles. The number of carbonyl (C=O) groups is 1. The molecule has 0 radical (unpaired) electrons. The number of pyridine rings is 2. The van der Waals surface area contributed by atoms with Gasteiger partial charge in [0, 0.05) is 55.1 Å². The average molecular weight is 470 g/mol. The molecule has 0 unspecified atom stereocenters. The molecule has 0 saturated heterocycles. The quantitative estimate of drug-likeness (QED) is 0.436. The van der Waals surface area contributed by atoms with E-state index in [2.05, 4.69) is 45.8 Å². The Kier molecular flexibility index (Phi) is 5.39. The van der Waals surface area contributed by atoms with Gasteiger partial charge in [0.1, 0.15) is 11.5 Å². The van der Waals surface area contributed by atoms with Crippen molar-refractivity contribution in [3.63, 3.8) is 0 Å². The van der Waals surface area contributed by atoms with Crippen LogP contribution in [-0.2, 0) is 11.3 Å². The van der Waals surface area contributed by atoms with Crippen LogP contribution in [0.5, 0.6) is 0 Å². The summed E-state index contributed by atoms with van der Waals surface area (Å²) < 4.78 is 2.38. The van der Waals surface area contributed by atoms with Crippen LogP contribution < -0.4 is 5.32 Å². The maximum atomic E-state index is 11.9. The summed E-state index contributed by atoms with van der Waals surface area (Å²) in [5, 5.41) is 5.55. The highest BCUT2D eigenvalue weighted by Gasteiger charge is 2.26. The van der Waals surface area contributed by atoms with Gasteiger partial charge >= 0.3 is 0 Å². The molecule has 1 N–H and O–H groups in total. The molecule has 6 rings (SSSR count). The van der Waals surface area contributed by atoms with Crippen LogP contribution in [0.15, 0.2) is 36.8 Å². The highest BCUT2D eigenvalue weighted by atomic mass is 16.2. The molecule has 0 spiro atoms. The zero-order valence-corrected chi connectivity index (χ0v) is 20.5. The fourth-order valence-electron chi connectivity index (χ4n) is 5.77. The zero-order valence-electron chi connectivity index (χ0n) is 20.5. The monoisotopic (exact) mass is 469 g/mol. The number of rotatable bonds is 3. The minimum Gasteiger partial charge on any atom is -0.338 e. The Hall–Kier alpha value is -3.55. The number of fused-ring (bicyclic) bond motifs is 4. The molecule has 1 saturated carbocycles. The van der Waals surface area contributed by atoms with Gasteiger partial charge < -0.3 is 14.8 Å². The number of hydrogen-bond donors (Lipinski definition) is 1. The van der Waals surface area contributed by atoms with Crippen LogP contribution in [0.1, 0.15) is 69.7 Å². The van der Waals surface area contributed by atoms with Gasteiger partial charge in [0.25, 0.3) is 0 Å². The Balaban J connectivity index is 1.36. The molecule has 1 aliphatic heterocycles. The molecule has 0 bridgehead atoms. The molecule has 1 atom stereocenters. The van der Waals surface area contributed by atoms with E-state index in [-0.39, 0.29) is 11.8 Å². The highest BCUT2D eigenvalue weighted by Crippen LogP contribution is 2.38. The number of nitrogens with zero attached hydrogens (tertiary/aromatic N) is 6. The van der Waals surface area contributed by atoms with Crippen molar-refractivity contribution in [3.8, 4) is 0 Å². The molecule has 180 valence electrons. The van der Waals surface area contributed by atoms with E-state index in [1.54, 1.807) is 6.92 Å². The van der Waals surface area contributed by atoms with Gasteiger partial charge in [-0.2, -0.15) is 4.98 Å². The Morgan fingerprint density at radius 1 is 1.03 bits per heavy atom. The molecule has 4 aromatic rings. The molecular formula is C27H31N7O. The topological polar surface area (TPSA) is 88.8 Å². The molecule has 8 nitrogen and oxygen atoms in total. The Morgan fingerprint density at radius 3 is 2.66 bits per heavy atom. The number of carbonyl (C=O) groups excluding carboxylic acids is 1. The SMILES string of the molecule is CC(=O)N1Cc2ccc(Nc3ncc4c5ccncc5n([C@H]5CC[C@H](C)CC5)c4n3)nc2[C@@H](C)C1. The minimum atomic E-state index is 0.101. The lowest BCUT2D eigenvalue weighted by molar-refractivity contribution is -0.130. The molecular weight excluding hydrogens is 438 g/mol. The van der Waals surface area contributed by atoms with E-state index in [0.717, 1.165) is 57.8 Å². The van der Waals surface area contributed by atoms with Crippen molar-refractivity contribution in [3.05, 3.63) is 48.0 Å². The van der Waals surface area contributed by atoms with E-state index in [1.165, 1.54) is 12.8 Å². The van der Waals surface area contributed by atoms with E-state index >= 15 is 0 Å². The summed E-state index contributed by atoms with van der Waals surface area (Å²) in [6.07, 6.45) is 10.5. The largest absolute Gasteiger partial charge is 0.338 e. The smallest absolute Gasteiger partial charge is 0.230 e. The van der Waals surface area contributed by atoms with E-state index in [4.69, 9.17) is 9.97 Å². The molecule has 0 aromatic carbocycles. The standard InChI is InChI=1S/C27H31N7O/c1-16-4-7-20(8-5-16)34-23-13-28-11-10-21(23)22-12-29-27(32-26(22)34)31-24-9-6-19-15-33(18(3)35)14-17(2)25(19)30-24/h6,9-13,16-17,20H,4-5,7-8,14-15H2,1-3H3,(H,29,30,31,32)/t16-,17-,20-/m0/s1. The van der Waals surface area contributed by atoms with Gasteiger partial charge in [-0.3, -0.25) is 9.78 Å². The first kappa shape index (κ1) is 21.9. The van der Waals surface area contributed by atoms with Crippen molar-refractivity contribution in [2.45, 2.75) is 65.0 Å². The number of amides is 1. The highest BCUT2D eigenvalue weighted by molar-refractivity contribution is 6.06. The van der Waals surface area contributed by atoms with Crippen LogP contribution >= 0.6 is 0 Å². The van der Waals surface area contributed by atoms with Gasteiger partial charge in [0.15, 0.2) is 0 Å². The molecule has 35 heavy (non-hydrogen) atoms. The Bertz CT molecular complexity index is 1420. The van der Waals surface area contributed by atoms with Gasteiger partial charge in [-0.25, -0.2) is 9.97 Å². The van der Waals surface area contributed by atoms with Crippen LogP contribution in [0.2, 0.25) is 0 Å². The number of anilines is 2. The van der Waals surface area contributed by atoms with Gasteiger partial charge in [-0.05, 0) is 49.3 Å². The summed E-state index contributed by atoms with van der Waals surface area (Å²) in [6.45, 7) is 7.38. The predicted molar refractivity (Wildman–Crippen MR) is 137 cm³/mol. The van der Waals surface area contributed by atoms with Gasteiger partial charge in [-0.15, -0.1) is 0 Å². The van der Waals surface area contributed by atoms with Crippen molar-refractivity contribution in [1.29, 1.82) is 0 Å². The van der Waals surface area contributed by atoms with Crippen molar-refractivity contribution in [2.75, 3.05) is 11.9 Å². The van der Waals surface area contributed by atoms with Gasteiger partial charge in [0.2, 0.25) is 11.9 Å². The van der Waals surface area contributed by atoms with E-state index < -0.39 is 0 Å². The molecule has 1 fully saturated rings. The number of nitrogens with one attached hydrogen (secondary N) is 1. The van der Waals surface area contributed by atoms with Crippen molar-refractivity contribution >= 4 is 39.6 Å². The van der Waals surface area contributed by atoms with Crippen molar-refractivity contribution in [2.24, 2.45) is 5.92 Å². The summed E-state index contributed by atoms with van der Waals surface area (Å²) in [5.41, 5.74) is 4.21. The molecule has 1 aliphatic carbocycles. The van der Waals surface area contributed by atoms with Crippen LogP contribution in [0.3, 0.4) is 0 Å². The third-order valence-electron chi connectivity index (χ3n) is 7.72. The van der Waals surface area contributed by atoms with Gasteiger partial charge in [-0.1, -0.05) is 19.9 Å². The van der Waals surface area contributed by atoms with E-state index in [0.29, 0.717) is 25.1 Å². The summed E-state index contributed by atoms with van der Waals surface area (Å²) in [5.74, 6) is 2.33. The Morgan fingerprint density at radius 2 is 1.86 bits per heavy atom. The molecule has 1 amide bonds. The second-order valence-electron chi connectivity index (χ2n) is 10.3. The van der Waals surface area contributed by atoms with Crippen molar-refractivity contribution in [1.82, 2.24) is 29.4 Å². The molecule has 8 heteroatoms. The maximum absolute atomic E-state index is 11.9. The summed E-state index contributed by atoms with van der Waals surface area (Å²) >= 11 is 0. The zero-order chi connectivity index (χ0) is 24.1. The van der Waals surface area contributed by atoms with E-state index in [1.807, 2.05) is 29.6 Å². The fourth-order valence-corrected chi connectivity index (χ4v) is 5.77. The first-order valence-corrected chi connectivity index (χ1v) is 12.6. The lowest BCUT2D eigenvalue weighted by Gasteiger charge is -2.31. The third-order valence-corrected chi connectivity index (χ3v) is 7.72. The second kappa shape index (κ2) is 8.59. The van der Waals surface area contributed by atoms with Gasteiger partial charge in [0.05, 0.1) is 17.4 Å². The fraction of sp³-hybridized carbons (Fsp3) is 0.444. The van der Waals surface area contributed by atoms with Crippen LogP contribution in [0.25, 0.3) is 21.9 Å². The minimum absolute atomic E-state index is 0.101. The second-order valence-corrected chi connectivity index (χ2v) is 10.3. The van der Waals surface area contributed by atoms with Crippen LogP contribution in [-0.4, -0.2) is 41.9 Å². The van der Waals surface area contributed by atoms with Crippen LogP contribution in [0, 0.1) is 5.92 Å². The number of hydrogen-bond acceptors (Lipinski definition) is 6. The lowest BCUT2D eigenvalue weighted by atomic mass is 9.87. The molecule has 4 aromatic heterocycles. The summed E-state index contributed by atoms with van der Waals surface area (Å²) in [7, 11) is 0. The normalized spacial score (nSPS) is 22.4. The lowest BCUT2D eigenvalue weighted by Crippen LogP contribution is -2.36. The predicted octanol–water partition coefficient (Wildman–Crippen LogP) is 5.33. The first-order chi connectivity index (χ1) is 17.0. The average Bonchev–Trinajstić information content (AvgIpc) is 3.18. The van der Waals surface area contributed by atoms with E-state index in [9.17, 15) is 4.79 Å². The summed E-state index contributed by atoms with van der Waals surface area (Å²) in [4.78, 5) is 32.7. The first-order valence-electron chi connectivity index (χ1n) is 12.6. The third kappa shape index (κ3) is 3.90. The number of aromatic nitrogens is 5. The summed E-state index contributed by atoms with van der Waals surface area (Å²) in [6, 6.07) is 6.49. The molecule has 2 aliphatic rings. The van der Waals surface area contributed by atoms with Crippen molar-refractivity contribution < 1.29 is 4.79 Å². The van der Waals surface area contributed by atoms with Crippen LogP contribution in [0.4, 0.5) is 11.8 Å². The maximum Gasteiger partial charge on any atom is 0.230 e.